The Hall–Kier alpha value is -1.88. The summed E-state index contributed by atoms with van der Waals surface area (Å²) in [6.07, 6.45) is 2.05. The Balaban J connectivity index is 2.12. The highest BCUT2D eigenvalue weighted by molar-refractivity contribution is 6.05. The number of nitrogens with two attached hydrogens (primary N) is 1. The largest absolute Gasteiger partial charge is 0.349 e. The highest BCUT2D eigenvalue weighted by Gasteiger charge is 2.29. The van der Waals surface area contributed by atoms with Gasteiger partial charge in [-0.05, 0) is 30.4 Å². The van der Waals surface area contributed by atoms with Crippen molar-refractivity contribution in [2.45, 2.75) is 45.7 Å². The first-order valence-corrected chi connectivity index (χ1v) is 7.25. The molecule has 4 N–H and O–H groups in total. The fourth-order valence-electron chi connectivity index (χ4n) is 1.88. The molecular weight excluding hydrogens is 266 g/mol. The zero-order valence-electron chi connectivity index (χ0n) is 12.8. The smallest absolute Gasteiger partial charge is 0.253 e. The van der Waals surface area contributed by atoms with Gasteiger partial charge in [-0.1, -0.05) is 32.9 Å². The van der Waals surface area contributed by atoms with E-state index in [0.29, 0.717) is 11.3 Å². The number of hydrogen-bond acceptors (Lipinski definition) is 3. The first-order chi connectivity index (χ1) is 9.79. The summed E-state index contributed by atoms with van der Waals surface area (Å²) in [4.78, 5) is 24.4. The van der Waals surface area contributed by atoms with Crippen molar-refractivity contribution in [2.24, 2.45) is 11.1 Å². The van der Waals surface area contributed by atoms with Crippen LogP contribution >= 0.6 is 0 Å². The van der Waals surface area contributed by atoms with Crippen molar-refractivity contribution in [3.8, 4) is 0 Å². The molecule has 1 aliphatic carbocycles. The molecule has 0 spiro atoms. The highest BCUT2D eigenvalue weighted by atomic mass is 16.2. The number of nitrogens with one attached hydrogen (secondary N) is 2. The van der Waals surface area contributed by atoms with Crippen LogP contribution in [0.1, 0.15) is 44.0 Å². The Bertz CT molecular complexity index is 545. The standard InChI is InChI=1S/C16H23N3O2/c1-16(2,3)13(17)15(21)19-12-7-5-4-6-11(12)14(20)18-10-8-9-10/h4-7,10,13H,8-9,17H2,1-3H3,(H,18,20)(H,19,21)/t13-/m1/s1. The molecule has 5 nitrogen and oxygen atoms in total. The molecule has 1 fully saturated rings. The molecule has 0 unspecified atom stereocenters. The summed E-state index contributed by atoms with van der Waals surface area (Å²) in [5.74, 6) is -0.438. The van der Waals surface area contributed by atoms with Gasteiger partial charge in [0.25, 0.3) is 5.91 Å². The number of benzene rings is 1. The molecule has 2 amide bonds. The number of hydrogen-bond donors (Lipinski definition) is 3. The van der Waals surface area contributed by atoms with Crippen LogP contribution in [-0.2, 0) is 4.79 Å². The number of anilines is 1. The monoisotopic (exact) mass is 289 g/mol. The van der Waals surface area contributed by atoms with Crippen molar-refractivity contribution >= 4 is 17.5 Å². The van der Waals surface area contributed by atoms with Gasteiger partial charge < -0.3 is 16.4 Å². The third-order valence-electron chi connectivity index (χ3n) is 3.56. The van der Waals surface area contributed by atoms with Crippen LogP contribution in [0.2, 0.25) is 0 Å². The van der Waals surface area contributed by atoms with Gasteiger partial charge in [0.05, 0.1) is 17.3 Å². The van der Waals surface area contributed by atoms with E-state index in [1.54, 1.807) is 24.3 Å². The third-order valence-corrected chi connectivity index (χ3v) is 3.56. The molecule has 1 atom stereocenters. The van der Waals surface area contributed by atoms with E-state index in [-0.39, 0.29) is 23.3 Å². The Kier molecular flexibility index (Phi) is 4.32. The zero-order valence-corrected chi connectivity index (χ0v) is 12.8. The van der Waals surface area contributed by atoms with Crippen molar-refractivity contribution in [1.82, 2.24) is 5.32 Å². The maximum atomic E-state index is 12.2. The maximum Gasteiger partial charge on any atom is 0.253 e. The Labute approximate surface area is 125 Å². The molecular formula is C16H23N3O2. The summed E-state index contributed by atoms with van der Waals surface area (Å²) >= 11 is 0. The lowest BCUT2D eigenvalue weighted by Gasteiger charge is -2.26. The van der Waals surface area contributed by atoms with Gasteiger partial charge in [-0.2, -0.15) is 0 Å². The average Bonchev–Trinajstić information content (AvgIpc) is 3.21. The highest BCUT2D eigenvalue weighted by Crippen LogP contribution is 2.23. The van der Waals surface area contributed by atoms with Gasteiger partial charge in [0.15, 0.2) is 0 Å². The van der Waals surface area contributed by atoms with Gasteiger partial charge in [0, 0.05) is 6.04 Å². The van der Waals surface area contributed by atoms with Crippen LogP contribution in [0.5, 0.6) is 0 Å². The molecule has 5 heteroatoms. The molecule has 0 aromatic heterocycles. The van der Waals surface area contributed by atoms with E-state index in [9.17, 15) is 9.59 Å². The molecule has 1 aromatic carbocycles. The molecule has 0 bridgehead atoms. The average molecular weight is 289 g/mol. The summed E-state index contributed by atoms with van der Waals surface area (Å²) in [7, 11) is 0. The minimum Gasteiger partial charge on any atom is -0.349 e. The van der Waals surface area contributed by atoms with Crippen LogP contribution in [0, 0.1) is 5.41 Å². The first-order valence-electron chi connectivity index (χ1n) is 7.25. The van der Waals surface area contributed by atoms with Gasteiger partial charge in [0.2, 0.25) is 5.91 Å². The van der Waals surface area contributed by atoms with Crippen LogP contribution in [0.15, 0.2) is 24.3 Å². The quantitative estimate of drug-likeness (QED) is 0.791. The molecule has 114 valence electrons. The second-order valence-electron chi connectivity index (χ2n) is 6.63. The van der Waals surface area contributed by atoms with Gasteiger partial charge in [-0.3, -0.25) is 9.59 Å². The van der Waals surface area contributed by atoms with Crippen molar-refractivity contribution in [1.29, 1.82) is 0 Å². The second-order valence-corrected chi connectivity index (χ2v) is 6.63. The Morgan fingerprint density at radius 2 is 1.86 bits per heavy atom. The third kappa shape index (κ3) is 4.04. The van der Waals surface area contributed by atoms with Gasteiger partial charge >= 0.3 is 0 Å². The fraction of sp³-hybridized carbons (Fsp3) is 0.500. The van der Waals surface area contributed by atoms with Crippen molar-refractivity contribution in [3.63, 3.8) is 0 Å². The summed E-state index contributed by atoms with van der Waals surface area (Å²) in [6, 6.07) is 6.62. The molecule has 1 aliphatic rings. The predicted molar refractivity (Wildman–Crippen MR) is 83.0 cm³/mol. The fourth-order valence-corrected chi connectivity index (χ4v) is 1.88. The lowest BCUT2D eigenvalue weighted by atomic mass is 9.87. The summed E-state index contributed by atoms with van der Waals surface area (Å²) < 4.78 is 0. The second kappa shape index (κ2) is 5.85. The molecule has 0 aliphatic heterocycles. The van der Waals surface area contributed by atoms with Crippen LogP contribution in [-0.4, -0.2) is 23.9 Å². The number of amides is 2. The SMILES string of the molecule is CC(C)(C)[C@H](N)C(=O)Nc1ccccc1C(=O)NC1CC1. The molecule has 1 aromatic rings. The molecule has 0 heterocycles. The van der Waals surface area contributed by atoms with Gasteiger partial charge in [-0.15, -0.1) is 0 Å². The van der Waals surface area contributed by atoms with E-state index in [4.69, 9.17) is 5.73 Å². The normalized spacial score (nSPS) is 16.2. The van der Waals surface area contributed by atoms with Crippen molar-refractivity contribution in [3.05, 3.63) is 29.8 Å². The van der Waals surface area contributed by atoms with Crippen LogP contribution in [0.25, 0.3) is 0 Å². The Morgan fingerprint density at radius 1 is 1.24 bits per heavy atom. The molecule has 21 heavy (non-hydrogen) atoms. The maximum absolute atomic E-state index is 12.2. The summed E-state index contributed by atoms with van der Waals surface area (Å²) in [5, 5.41) is 5.69. The topological polar surface area (TPSA) is 84.2 Å². The van der Waals surface area contributed by atoms with E-state index >= 15 is 0 Å². The summed E-state index contributed by atoms with van der Waals surface area (Å²) in [6.45, 7) is 5.72. The molecule has 0 saturated heterocycles. The Morgan fingerprint density at radius 3 is 2.43 bits per heavy atom. The van der Waals surface area contributed by atoms with Crippen molar-refractivity contribution < 1.29 is 9.59 Å². The van der Waals surface area contributed by atoms with Crippen LogP contribution in [0.3, 0.4) is 0 Å². The first kappa shape index (κ1) is 15.5. The van der Waals surface area contributed by atoms with Gasteiger partial charge in [-0.25, -0.2) is 0 Å². The van der Waals surface area contributed by atoms with Crippen molar-refractivity contribution in [2.75, 3.05) is 5.32 Å². The molecule has 0 radical (unpaired) electrons. The van der Waals surface area contributed by atoms with E-state index in [0.717, 1.165) is 12.8 Å². The van der Waals surface area contributed by atoms with Crippen LogP contribution in [0.4, 0.5) is 5.69 Å². The molecule has 2 rings (SSSR count). The number of rotatable bonds is 4. The number of carbonyl (C=O) groups is 2. The predicted octanol–water partition coefficient (Wildman–Crippen LogP) is 1.89. The van der Waals surface area contributed by atoms with E-state index in [1.165, 1.54) is 0 Å². The zero-order chi connectivity index (χ0) is 15.6. The lowest BCUT2D eigenvalue weighted by Crippen LogP contribution is -2.45. The number of carbonyl (C=O) groups excluding carboxylic acids is 2. The van der Waals surface area contributed by atoms with E-state index in [2.05, 4.69) is 10.6 Å². The summed E-state index contributed by atoms with van der Waals surface area (Å²) in [5.41, 5.74) is 6.58. The van der Waals surface area contributed by atoms with Gasteiger partial charge in [0.1, 0.15) is 0 Å². The van der Waals surface area contributed by atoms with E-state index in [1.807, 2.05) is 20.8 Å². The van der Waals surface area contributed by atoms with Crippen LogP contribution < -0.4 is 16.4 Å². The molecule has 1 saturated carbocycles. The minimum absolute atomic E-state index is 0.155. The van der Waals surface area contributed by atoms with E-state index < -0.39 is 6.04 Å². The number of para-hydroxylation sites is 1. The lowest BCUT2D eigenvalue weighted by molar-refractivity contribution is -0.119. The minimum atomic E-state index is -0.642.